The zero-order valence-electron chi connectivity index (χ0n) is 11.9. The van der Waals surface area contributed by atoms with Crippen molar-refractivity contribution in [2.45, 2.75) is 30.8 Å². The first-order chi connectivity index (χ1) is 10.0. The standard InChI is InChI=1S/C15H16N2O3S/c1-15(2)13(18)12(21-14-17-5-6-19-14)10-7-9(8-16)3-4-11(10)20-15/h3-4,7,12-13,18H,5-6H2,1-2H3. The van der Waals surface area contributed by atoms with Crippen molar-refractivity contribution in [1.82, 2.24) is 0 Å². The second-order valence-electron chi connectivity index (χ2n) is 5.55. The van der Waals surface area contributed by atoms with Crippen LogP contribution in [0.2, 0.25) is 0 Å². The maximum absolute atomic E-state index is 10.6. The Bertz CT molecular complexity index is 636. The minimum absolute atomic E-state index is 0.270. The molecule has 2 atom stereocenters. The van der Waals surface area contributed by atoms with Gasteiger partial charge in [-0.15, -0.1) is 0 Å². The Morgan fingerprint density at radius 1 is 1.48 bits per heavy atom. The summed E-state index contributed by atoms with van der Waals surface area (Å²) in [6, 6.07) is 7.39. The van der Waals surface area contributed by atoms with Gasteiger partial charge in [0.05, 0.1) is 23.4 Å². The van der Waals surface area contributed by atoms with Crippen molar-refractivity contribution >= 4 is 17.0 Å². The number of nitriles is 1. The summed E-state index contributed by atoms with van der Waals surface area (Å²) in [5.74, 6) is 0.695. The van der Waals surface area contributed by atoms with Gasteiger partial charge in [0.1, 0.15) is 24.1 Å². The topological polar surface area (TPSA) is 74.8 Å². The van der Waals surface area contributed by atoms with Gasteiger partial charge in [0, 0.05) is 5.56 Å². The first-order valence-electron chi connectivity index (χ1n) is 6.76. The molecule has 0 radical (unpaired) electrons. The molecule has 2 unspecified atom stereocenters. The molecule has 0 amide bonds. The Balaban J connectivity index is 2.01. The molecular formula is C15H16N2O3S. The van der Waals surface area contributed by atoms with Crippen molar-refractivity contribution in [3.05, 3.63) is 29.3 Å². The number of aliphatic imine (C=N–C) groups is 1. The number of benzene rings is 1. The number of fused-ring (bicyclic) bond motifs is 1. The van der Waals surface area contributed by atoms with E-state index in [1.165, 1.54) is 11.8 Å². The van der Waals surface area contributed by atoms with Crippen LogP contribution in [0.25, 0.3) is 0 Å². The Morgan fingerprint density at radius 2 is 2.29 bits per heavy atom. The first-order valence-corrected chi connectivity index (χ1v) is 7.64. The van der Waals surface area contributed by atoms with Crippen molar-refractivity contribution < 1.29 is 14.6 Å². The summed E-state index contributed by atoms with van der Waals surface area (Å²) in [6.45, 7) is 4.93. The van der Waals surface area contributed by atoms with Gasteiger partial charge in [-0.2, -0.15) is 5.26 Å². The van der Waals surface area contributed by atoms with E-state index in [1.54, 1.807) is 18.2 Å². The Morgan fingerprint density at radius 3 is 2.95 bits per heavy atom. The van der Waals surface area contributed by atoms with Gasteiger partial charge in [-0.3, -0.25) is 0 Å². The minimum Gasteiger partial charge on any atom is -0.485 e. The van der Waals surface area contributed by atoms with Gasteiger partial charge in [-0.05, 0) is 32.0 Å². The molecular weight excluding hydrogens is 288 g/mol. The number of ether oxygens (including phenoxy) is 2. The molecule has 0 aliphatic carbocycles. The smallest absolute Gasteiger partial charge is 0.246 e. The fraction of sp³-hybridized carbons (Fsp3) is 0.467. The van der Waals surface area contributed by atoms with Gasteiger partial charge in [0.25, 0.3) is 0 Å². The number of nitrogens with zero attached hydrogens (tertiary/aromatic N) is 2. The third-order valence-corrected chi connectivity index (χ3v) is 4.82. The highest BCUT2D eigenvalue weighted by Gasteiger charge is 2.44. The summed E-state index contributed by atoms with van der Waals surface area (Å²) in [5.41, 5.74) is 0.644. The average Bonchev–Trinajstić information content (AvgIpc) is 2.96. The van der Waals surface area contributed by atoms with E-state index in [1.807, 2.05) is 13.8 Å². The molecule has 2 heterocycles. The Hall–Kier alpha value is -1.71. The van der Waals surface area contributed by atoms with Crippen LogP contribution < -0.4 is 4.74 Å². The molecule has 2 aliphatic heterocycles. The summed E-state index contributed by atoms with van der Waals surface area (Å²) in [4.78, 5) is 4.27. The Labute approximate surface area is 127 Å². The predicted octanol–water partition coefficient (Wildman–Crippen LogP) is 2.25. The third kappa shape index (κ3) is 2.59. The fourth-order valence-electron chi connectivity index (χ4n) is 2.44. The van der Waals surface area contributed by atoms with Gasteiger partial charge >= 0.3 is 0 Å². The average molecular weight is 304 g/mol. The van der Waals surface area contributed by atoms with E-state index in [2.05, 4.69) is 11.1 Å². The van der Waals surface area contributed by atoms with E-state index < -0.39 is 11.7 Å². The van der Waals surface area contributed by atoms with Crippen LogP contribution >= 0.6 is 11.8 Å². The van der Waals surface area contributed by atoms with Crippen molar-refractivity contribution in [2.24, 2.45) is 4.99 Å². The Kier molecular flexibility index (Phi) is 3.56. The lowest BCUT2D eigenvalue weighted by molar-refractivity contribution is -0.0428. The number of hydrogen-bond donors (Lipinski definition) is 1. The number of aliphatic hydroxyl groups is 1. The van der Waals surface area contributed by atoms with Gasteiger partial charge in [-0.1, -0.05) is 11.8 Å². The molecule has 110 valence electrons. The molecule has 3 rings (SSSR count). The van der Waals surface area contributed by atoms with Crippen LogP contribution in [-0.2, 0) is 4.74 Å². The number of hydrogen-bond acceptors (Lipinski definition) is 6. The molecule has 1 aromatic carbocycles. The second-order valence-corrected chi connectivity index (χ2v) is 6.64. The van der Waals surface area contributed by atoms with Gasteiger partial charge in [0.15, 0.2) is 0 Å². The summed E-state index contributed by atoms with van der Waals surface area (Å²) in [6.07, 6.45) is -0.726. The van der Waals surface area contributed by atoms with E-state index in [9.17, 15) is 5.11 Å². The lowest BCUT2D eigenvalue weighted by Gasteiger charge is -2.41. The lowest BCUT2D eigenvalue weighted by atomic mass is 9.90. The maximum Gasteiger partial charge on any atom is 0.246 e. The van der Waals surface area contributed by atoms with Crippen LogP contribution in [0.15, 0.2) is 23.2 Å². The van der Waals surface area contributed by atoms with Crippen LogP contribution in [0.5, 0.6) is 5.75 Å². The molecule has 6 heteroatoms. The molecule has 0 saturated heterocycles. The number of rotatable bonds is 1. The predicted molar refractivity (Wildman–Crippen MR) is 80.5 cm³/mol. The van der Waals surface area contributed by atoms with Gasteiger partial charge in [-0.25, -0.2) is 4.99 Å². The summed E-state index contributed by atoms with van der Waals surface area (Å²) in [7, 11) is 0. The summed E-state index contributed by atoms with van der Waals surface area (Å²) >= 11 is 1.39. The second kappa shape index (κ2) is 5.24. The van der Waals surface area contributed by atoms with Crippen LogP contribution in [0.4, 0.5) is 0 Å². The minimum atomic E-state index is -0.726. The first kappa shape index (κ1) is 14.2. The van der Waals surface area contributed by atoms with E-state index in [4.69, 9.17) is 14.7 Å². The SMILES string of the molecule is CC1(C)Oc2ccc(C#N)cc2C(SC2=NCCO2)C1O. The van der Waals surface area contributed by atoms with Crippen LogP contribution in [0, 0.1) is 11.3 Å². The molecule has 0 spiro atoms. The molecule has 0 saturated carbocycles. The van der Waals surface area contributed by atoms with Crippen molar-refractivity contribution in [2.75, 3.05) is 13.2 Å². The zero-order valence-corrected chi connectivity index (χ0v) is 12.7. The molecule has 5 nitrogen and oxygen atoms in total. The summed E-state index contributed by atoms with van der Waals surface area (Å²) < 4.78 is 11.3. The molecule has 0 bridgehead atoms. The molecule has 0 aromatic heterocycles. The van der Waals surface area contributed by atoms with E-state index in [0.717, 1.165) is 5.56 Å². The number of thioether (sulfide) groups is 1. The molecule has 0 fully saturated rings. The fourth-order valence-corrected chi connectivity index (χ4v) is 3.74. The maximum atomic E-state index is 10.6. The quantitative estimate of drug-likeness (QED) is 0.861. The highest BCUT2D eigenvalue weighted by Crippen LogP contribution is 2.47. The van der Waals surface area contributed by atoms with Crippen LogP contribution in [0.3, 0.4) is 0 Å². The summed E-state index contributed by atoms with van der Waals surface area (Å²) in [5, 5.41) is 20.0. The van der Waals surface area contributed by atoms with Gasteiger partial charge < -0.3 is 14.6 Å². The van der Waals surface area contributed by atoms with Crippen molar-refractivity contribution in [1.29, 1.82) is 5.26 Å². The molecule has 1 N–H and O–H groups in total. The van der Waals surface area contributed by atoms with E-state index in [-0.39, 0.29) is 5.25 Å². The zero-order chi connectivity index (χ0) is 15.0. The highest BCUT2D eigenvalue weighted by molar-refractivity contribution is 8.13. The third-order valence-electron chi connectivity index (χ3n) is 3.60. The monoisotopic (exact) mass is 304 g/mol. The lowest BCUT2D eigenvalue weighted by Crippen LogP contribution is -2.48. The highest BCUT2D eigenvalue weighted by atomic mass is 32.2. The van der Waals surface area contributed by atoms with Crippen LogP contribution in [0.1, 0.15) is 30.2 Å². The molecule has 1 aromatic rings. The van der Waals surface area contributed by atoms with E-state index >= 15 is 0 Å². The van der Waals surface area contributed by atoms with Gasteiger partial charge in [0.2, 0.25) is 5.23 Å². The van der Waals surface area contributed by atoms with Crippen molar-refractivity contribution in [3.63, 3.8) is 0 Å². The molecule has 2 aliphatic rings. The number of aliphatic hydroxyl groups excluding tert-OH is 1. The van der Waals surface area contributed by atoms with E-state index in [0.29, 0.717) is 29.7 Å². The normalized spacial score (nSPS) is 26.1. The molecule has 21 heavy (non-hydrogen) atoms. The largest absolute Gasteiger partial charge is 0.485 e. The van der Waals surface area contributed by atoms with Crippen LogP contribution in [-0.4, -0.2) is 35.2 Å². The van der Waals surface area contributed by atoms with Crippen molar-refractivity contribution in [3.8, 4) is 11.8 Å².